The Morgan fingerprint density at radius 1 is 1.22 bits per heavy atom. The molecule has 0 saturated carbocycles. The Morgan fingerprint density at radius 2 is 1.91 bits per heavy atom. The fourth-order valence-corrected chi connectivity index (χ4v) is 4.96. The summed E-state index contributed by atoms with van der Waals surface area (Å²) < 4.78 is 26.6. The Balaban J connectivity index is 1.57. The maximum Gasteiger partial charge on any atom is 0.263 e. The number of hydrogen-bond donors (Lipinski definition) is 1. The predicted molar refractivity (Wildman–Crippen MR) is 92.2 cm³/mol. The first-order chi connectivity index (χ1) is 11.0. The van der Waals surface area contributed by atoms with Crippen LogP contribution >= 0.6 is 0 Å². The van der Waals surface area contributed by atoms with Crippen molar-refractivity contribution >= 4 is 15.9 Å². The monoisotopic (exact) mass is 335 g/mol. The molecule has 2 aliphatic heterocycles. The number of aliphatic imine (C=N–C) groups is 1. The van der Waals surface area contributed by atoms with Gasteiger partial charge in [-0.25, -0.2) is 8.42 Å². The summed E-state index contributed by atoms with van der Waals surface area (Å²) in [5.74, 6) is 2.01. The van der Waals surface area contributed by atoms with E-state index in [1.165, 1.54) is 6.42 Å². The molecule has 1 aromatic rings. The molecule has 0 aromatic heterocycles. The molecule has 6 heteroatoms. The van der Waals surface area contributed by atoms with E-state index in [2.05, 4.69) is 28.5 Å². The molecule has 1 saturated heterocycles. The average Bonchev–Trinajstić information content (AvgIpc) is 2.75. The number of amidine groups is 1. The summed E-state index contributed by atoms with van der Waals surface area (Å²) in [4.78, 5) is 7.32. The van der Waals surface area contributed by atoms with Gasteiger partial charge >= 0.3 is 0 Å². The van der Waals surface area contributed by atoms with Crippen LogP contribution in [0.25, 0.3) is 0 Å². The zero-order valence-corrected chi connectivity index (χ0v) is 14.6. The number of sulfonamides is 1. The molecular weight excluding hydrogens is 310 g/mol. The SMILES string of the molecule is CC1CC(C)CN(CCCN=C2NS(=O)(=O)c3ccccc32)C1. The third kappa shape index (κ3) is 3.75. The average molecular weight is 335 g/mol. The Kier molecular flexibility index (Phi) is 4.73. The molecule has 0 aliphatic carbocycles. The van der Waals surface area contributed by atoms with E-state index in [1.807, 2.05) is 6.07 Å². The zero-order valence-electron chi connectivity index (χ0n) is 13.8. The molecular formula is C17H25N3O2S. The van der Waals surface area contributed by atoms with E-state index in [4.69, 9.17) is 0 Å². The van der Waals surface area contributed by atoms with Gasteiger partial charge in [0.25, 0.3) is 10.0 Å². The van der Waals surface area contributed by atoms with Crippen LogP contribution < -0.4 is 4.72 Å². The zero-order chi connectivity index (χ0) is 16.4. The molecule has 0 amide bonds. The summed E-state index contributed by atoms with van der Waals surface area (Å²) in [6, 6.07) is 7.00. The molecule has 126 valence electrons. The number of likely N-dealkylation sites (tertiary alicyclic amines) is 1. The van der Waals surface area contributed by atoms with Gasteiger partial charge in [0.2, 0.25) is 0 Å². The third-order valence-electron chi connectivity index (χ3n) is 4.51. The first-order valence-electron chi connectivity index (χ1n) is 8.35. The molecule has 2 unspecified atom stereocenters. The van der Waals surface area contributed by atoms with Gasteiger partial charge in [0.1, 0.15) is 5.84 Å². The summed E-state index contributed by atoms with van der Waals surface area (Å²) in [5, 5.41) is 0. The lowest BCUT2D eigenvalue weighted by molar-refractivity contribution is 0.140. The van der Waals surface area contributed by atoms with Crippen molar-refractivity contribution < 1.29 is 8.42 Å². The summed E-state index contributed by atoms with van der Waals surface area (Å²) in [6.45, 7) is 8.62. The van der Waals surface area contributed by atoms with Crippen LogP contribution in [0.2, 0.25) is 0 Å². The van der Waals surface area contributed by atoms with Crippen LogP contribution in [0.3, 0.4) is 0 Å². The van der Waals surface area contributed by atoms with E-state index >= 15 is 0 Å². The van der Waals surface area contributed by atoms with Crippen molar-refractivity contribution in [3.8, 4) is 0 Å². The van der Waals surface area contributed by atoms with Gasteiger partial charge in [-0.15, -0.1) is 0 Å². The number of nitrogens with one attached hydrogen (secondary N) is 1. The molecule has 2 atom stereocenters. The molecule has 1 N–H and O–H groups in total. The molecule has 5 nitrogen and oxygen atoms in total. The maximum atomic E-state index is 12.0. The minimum Gasteiger partial charge on any atom is -0.303 e. The molecule has 0 radical (unpaired) electrons. The topological polar surface area (TPSA) is 61.8 Å². The molecule has 1 aromatic carbocycles. The van der Waals surface area contributed by atoms with E-state index in [0.717, 1.165) is 37.9 Å². The van der Waals surface area contributed by atoms with Crippen molar-refractivity contribution in [3.05, 3.63) is 29.8 Å². The minimum absolute atomic E-state index is 0.331. The Hall–Kier alpha value is -1.40. The first-order valence-corrected chi connectivity index (χ1v) is 9.83. The molecule has 1 fully saturated rings. The van der Waals surface area contributed by atoms with E-state index in [9.17, 15) is 8.42 Å². The molecule has 2 heterocycles. The van der Waals surface area contributed by atoms with Crippen molar-refractivity contribution in [1.29, 1.82) is 0 Å². The van der Waals surface area contributed by atoms with Crippen molar-refractivity contribution in [2.24, 2.45) is 16.8 Å². The van der Waals surface area contributed by atoms with E-state index < -0.39 is 10.0 Å². The highest BCUT2D eigenvalue weighted by Gasteiger charge is 2.29. The van der Waals surface area contributed by atoms with Gasteiger partial charge in [-0.3, -0.25) is 9.71 Å². The molecule has 23 heavy (non-hydrogen) atoms. The Morgan fingerprint density at radius 3 is 2.65 bits per heavy atom. The predicted octanol–water partition coefficient (Wildman–Crippen LogP) is 2.09. The second-order valence-electron chi connectivity index (χ2n) is 6.89. The Labute approximate surface area is 138 Å². The lowest BCUT2D eigenvalue weighted by Crippen LogP contribution is -2.39. The first kappa shape index (κ1) is 16.5. The smallest absolute Gasteiger partial charge is 0.263 e. The number of hydrogen-bond acceptors (Lipinski definition) is 4. The van der Waals surface area contributed by atoms with Crippen LogP contribution in [-0.4, -0.2) is 45.3 Å². The fraction of sp³-hybridized carbons (Fsp3) is 0.588. The van der Waals surface area contributed by atoms with Gasteiger partial charge in [0, 0.05) is 25.2 Å². The molecule has 0 spiro atoms. The molecule has 2 aliphatic rings. The van der Waals surface area contributed by atoms with Crippen molar-refractivity contribution in [2.45, 2.75) is 31.6 Å². The van der Waals surface area contributed by atoms with Gasteiger partial charge in [0.05, 0.1) is 4.90 Å². The van der Waals surface area contributed by atoms with Crippen molar-refractivity contribution in [1.82, 2.24) is 9.62 Å². The highest BCUT2D eigenvalue weighted by Crippen LogP contribution is 2.23. The summed E-state index contributed by atoms with van der Waals surface area (Å²) >= 11 is 0. The van der Waals surface area contributed by atoms with Crippen LogP contribution in [0.5, 0.6) is 0 Å². The molecule has 0 bridgehead atoms. The van der Waals surface area contributed by atoms with E-state index in [1.54, 1.807) is 18.2 Å². The largest absolute Gasteiger partial charge is 0.303 e. The third-order valence-corrected chi connectivity index (χ3v) is 5.91. The minimum atomic E-state index is -3.42. The summed E-state index contributed by atoms with van der Waals surface area (Å²) in [7, 11) is -3.42. The van der Waals surface area contributed by atoms with Crippen LogP contribution in [0.1, 0.15) is 32.3 Å². The second-order valence-corrected chi connectivity index (χ2v) is 8.54. The molecule has 3 rings (SSSR count). The van der Waals surface area contributed by atoms with E-state index in [0.29, 0.717) is 22.8 Å². The lowest BCUT2D eigenvalue weighted by Gasteiger charge is -2.34. The van der Waals surface area contributed by atoms with Crippen molar-refractivity contribution in [2.75, 3.05) is 26.2 Å². The van der Waals surface area contributed by atoms with Crippen LogP contribution in [0.4, 0.5) is 0 Å². The number of rotatable bonds is 4. The van der Waals surface area contributed by atoms with Gasteiger partial charge in [-0.05, 0) is 43.4 Å². The Bertz CT molecular complexity index is 690. The normalized spacial score (nSPS) is 28.5. The van der Waals surface area contributed by atoms with E-state index in [-0.39, 0.29) is 0 Å². The van der Waals surface area contributed by atoms with Gasteiger partial charge in [0.15, 0.2) is 0 Å². The number of nitrogens with zero attached hydrogens (tertiary/aromatic N) is 2. The summed E-state index contributed by atoms with van der Waals surface area (Å²) in [6.07, 6.45) is 2.27. The number of fused-ring (bicyclic) bond motifs is 1. The lowest BCUT2D eigenvalue weighted by atomic mass is 9.92. The quantitative estimate of drug-likeness (QED) is 0.857. The van der Waals surface area contributed by atoms with Gasteiger partial charge in [-0.1, -0.05) is 26.0 Å². The highest BCUT2D eigenvalue weighted by molar-refractivity contribution is 7.90. The van der Waals surface area contributed by atoms with Gasteiger partial charge < -0.3 is 4.90 Å². The van der Waals surface area contributed by atoms with Crippen LogP contribution in [0.15, 0.2) is 34.2 Å². The second kappa shape index (κ2) is 6.61. The van der Waals surface area contributed by atoms with Crippen LogP contribution in [-0.2, 0) is 10.0 Å². The van der Waals surface area contributed by atoms with Gasteiger partial charge in [-0.2, -0.15) is 0 Å². The highest BCUT2D eigenvalue weighted by atomic mass is 32.2. The standard InChI is InChI=1S/C17H25N3O2S/c1-13-10-14(2)12-20(11-13)9-5-8-18-17-15-6-3-4-7-16(15)23(21,22)19-17/h3-4,6-7,13-14H,5,8-12H2,1-2H3,(H,18,19). The fourth-order valence-electron chi connectivity index (χ4n) is 3.71. The van der Waals surface area contributed by atoms with Crippen molar-refractivity contribution in [3.63, 3.8) is 0 Å². The summed E-state index contributed by atoms with van der Waals surface area (Å²) in [5.41, 5.74) is 0.688. The van der Waals surface area contributed by atoms with Crippen LogP contribution in [0, 0.1) is 11.8 Å². The number of benzene rings is 1. The number of piperidine rings is 1. The maximum absolute atomic E-state index is 12.0.